The van der Waals surface area contributed by atoms with Crippen molar-refractivity contribution in [2.24, 2.45) is 5.92 Å². The van der Waals surface area contributed by atoms with Gasteiger partial charge in [0.25, 0.3) is 17.7 Å². The molecule has 0 radical (unpaired) electrons. The predicted octanol–water partition coefficient (Wildman–Crippen LogP) is 3.32. The fraction of sp³-hybridized carbons (Fsp3) is 0.333. The summed E-state index contributed by atoms with van der Waals surface area (Å²) < 4.78 is 5.53. The third-order valence-corrected chi connectivity index (χ3v) is 5.13. The summed E-state index contributed by atoms with van der Waals surface area (Å²) in [7, 11) is 3.16. The lowest BCUT2D eigenvalue weighted by Crippen LogP contribution is -2.31. The summed E-state index contributed by atoms with van der Waals surface area (Å²) in [6.45, 7) is 4.37. The van der Waals surface area contributed by atoms with Gasteiger partial charge >= 0.3 is 5.97 Å². The molecule has 0 fully saturated rings. The maximum absolute atomic E-state index is 12.8. The molecule has 1 aliphatic heterocycles. The highest BCUT2D eigenvalue weighted by Gasteiger charge is 2.36. The minimum absolute atomic E-state index is 0.109. The minimum Gasteiger partial charge on any atom is -0.444 e. The fourth-order valence-corrected chi connectivity index (χ4v) is 3.31. The molecule has 1 atom stereocenters. The fourth-order valence-electron chi connectivity index (χ4n) is 3.31. The number of carbonyl (C=O) groups is 4. The molecule has 2 aromatic rings. The van der Waals surface area contributed by atoms with E-state index in [-0.39, 0.29) is 28.5 Å². The van der Waals surface area contributed by atoms with Crippen LogP contribution < -0.4 is 0 Å². The second kappa shape index (κ2) is 9.12. The second-order valence-electron chi connectivity index (χ2n) is 8.13. The third-order valence-electron chi connectivity index (χ3n) is 5.13. The van der Waals surface area contributed by atoms with E-state index >= 15 is 0 Å². The van der Waals surface area contributed by atoms with E-state index < -0.39 is 18.0 Å². The number of rotatable bonds is 7. The Morgan fingerprint density at radius 1 is 0.968 bits per heavy atom. The molecular formula is C24H26N2O5. The number of imide groups is 1. The summed E-state index contributed by atoms with van der Waals surface area (Å²) in [4.78, 5) is 53.3. The average molecular weight is 422 g/mol. The first kappa shape index (κ1) is 22.2. The zero-order chi connectivity index (χ0) is 22.7. The molecule has 7 nitrogen and oxygen atoms in total. The summed E-state index contributed by atoms with van der Waals surface area (Å²) >= 11 is 0. The van der Waals surface area contributed by atoms with Crippen molar-refractivity contribution in [3.8, 4) is 0 Å². The van der Waals surface area contributed by atoms with Gasteiger partial charge in [0.15, 0.2) is 0 Å². The Balaban J connectivity index is 1.84. The van der Waals surface area contributed by atoms with Gasteiger partial charge in [-0.05, 0) is 30.5 Å². The van der Waals surface area contributed by atoms with E-state index in [1.165, 1.54) is 28.0 Å². The van der Waals surface area contributed by atoms with Crippen LogP contribution in [0.25, 0.3) is 0 Å². The number of esters is 1. The number of nitrogens with zero attached hydrogens (tertiary/aromatic N) is 2. The van der Waals surface area contributed by atoms with Crippen LogP contribution in [0.4, 0.5) is 0 Å². The van der Waals surface area contributed by atoms with Gasteiger partial charge < -0.3 is 9.64 Å². The van der Waals surface area contributed by atoms with E-state index in [0.717, 1.165) is 0 Å². The monoisotopic (exact) mass is 422 g/mol. The lowest BCUT2D eigenvalue weighted by Gasteiger charge is -2.21. The van der Waals surface area contributed by atoms with Crippen LogP contribution >= 0.6 is 0 Å². The molecular weight excluding hydrogens is 396 g/mol. The lowest BCUT2D eigenvalue weighted by molar-refractivity contribution is -0.138. The zero-order valence-electron chi connectivity index (χ0n) is 18.1. The average Bonchev–Trinajstić information content (AvgIpc) is 2.99. The molecule has 0 aliphatic carbocycles. The molecule has 0 bridgehead atoms. The van der Waals surface area contributed by atoms with E-state index in [4.69, 9.17) is 4.74 Å². The molecule has 1 aliphatic rings. The Hall–Kier alpha value is -3.48. The maximum atomic E-state index is 12.8. The zero-order valence-corrected chi connectivity index (χ0v) is 18.1. The summed E-state index contributed by atoms with van der Waals surface area (Å²) in [6.07, 6.45) is -0.414. The van der Waals surface area contributed by atoms with Gasteiger partial charge in [0, 0.05) is 26.2 Å². The van der Waals surface area contributed by atoms with Crippen LogP contribution in [-0.4, -0.2) is 54.1 Å². The largest absolute Gasteiger partial charge is 0.444 e. The Morgan fingerprint density at radius 2 is 1.61 bits per heavy atom. The van der Waals surface area contributed by atoms with Crippen molar-refractivity contribution in [3.63, 3.8) is 0 Å². The molecule has 162 valence electrons. The molecule has 3 rings (SSSR count). The van der Waals surface area contributed by atoms with Crippen molar-refractivity contribution in [2.45, 2.75) is 26.4 Å². The van der Waals surface area contributed by atoms with Gasteiger partial charge in [-0.2, -0.15) is 0 Å². The molecule has 0 saturated carbocycles. The molecule has 0 saturated heterocycles. The van der Waals surface area contributed by atoms with Crippen molar-refractivity contribution < 1.29 is 23.9 Å². The van der Waals surface area contributed by atoms with Crippen LogP contribution in [0.1, 0.15) is 63.0 Å². The number of hydrogen-bond acceptors (Lipinski definition) is 5. The summed E-state index contributed by atoms with van der Waals surface area (Å²) in [5.74, 6) is -1.55. The van der Waals surface area contributed by atoms with Crippen LogP contribution in [-0.2, 0) is 9.53 Å². The highest BCUT2D eigenvalue weighted by Crippen LogP contribution is 2.27. The van der Waals surface area contributed by atoms with Crippen molar-refractivity contribution in [3.05, 3.63) is 70.8 Å². The SMILES string of the molecule is CC(C)CCN1C(=O)c2ccc(C(=O)O[C@H](C(=O)N(C)C)c3ccccc3)cc2C1=O. The van der Waals surface area contributed by atoms with Crippen LogP contribution in [0.5, 0.6) is 0 Å². The predicted molar refractivity (Wildman–Crippen MR) is 115 cm³/mol. The van der Waals surface area contributed by atoms with E-state index in [1.807, 2.05) is 13.8 Å². The van der Waals surface area contributed by atoms with E-state index in [0.29, 0.717) is 24.4 Å². The smallest absolute Gasteiger partial charge is 0.339 e. The topological polar surface area (TPSA) is 84.0 Å². The van der Waals surface area contributed by atoms with Gasteiger partial charge in [0.2, 0.25) is 6.10 Å². The summed E-state index contributed by atoms with van der Waals surface area (Å²) in [5.41, 5.74) is 1.10. The number of ether oxygens (including phenoxy) is 1. The van der Waals surface area contributed by atoms with Crippen molar-refractivity contribution in [2.75, 3.05) is 20.6 Å². The highest BCUT2D eigenvalue weighted by atomic mass is 16.5. The molecule has 7 heteroatoms. The Bertz CT molecular complexity index is 1010. The van der Waals surface area contributed by atoms with Crippen LogP contribution in [0.2, 0.25) is 0 Å². The van der Waals surface area contributed by atoms with Gasteiger partial charge in [0.05, 0.1) is 16.7 Å². The highest BCUT2D eigenvalue weighted by molar-refractivity contribution is 6.22. The maximum Gasteiger partial charge on any atom is 0.339 e. The standard InChI is InChI=1S/C24H26N2O5/c1-15(2)12-13-26-21(27)18-11-10-17(14-19(18)22(26)28)24(30)31-20(23(29)25(3)4)16-8-6-5-7-9-16/h5-11,14-15,20H,12-13H2,1-4H3/t20-/m0/s1. The molecule has 2 aromatic carbocycles. The lowest BCUT2D eigenvalue weighted by atomic mass is 10.1. The van der Waals surface area contributed by atoms with E-state index in [1.54, 1.807) is 44.4 Å². The molecule has 0 spiro atoms. The summed E-state index contributed by atoms with van der Waals surface area (Å²) in [6, 6.07) is 13.0. The molecule has 3 amide bonds. The number of amides is 3. The van der Waals surface area contributed by atoms with E-state index in [9.17, 15) is 19.2 Å². The van der Waals surface area contributed by atoms with Crippen LogP contribution in [0.3, 0.4) is 0 Å². The Morgan fingerprint density at radius 3 is 2.23 bits per heavy atom. The molecule has 0 unspecified atom stereocenters. The van der Waals surface area contributed by atoms with Gasteiger partial charge in [-0.25, -0.2) is 4.79 Å². The van der Waals surface area contributed by atoms with Crippen LogP contribution in [0, 0.1) is 5.92 Å². The number of hydrogen-bond donors (Lipinski definition) is 0. The van der Waals surface area contributed by atoms with Gasteiger partial charge in [-0.15, -0.1) is 0 Å². The van der Waals surface area contributed by atoms with Crippen LogP contribution in [0.15, 0.2) is 48.5 Å². The Kier molecular flexibility index (Phi) is 6.53. The number of benzene rings is 2. The first-order chi connectivity index (χ1) is 14.7. The molecule has 1 heterocycles. The Labute approximate surface area is 181 Å². The van der Waals surface area contributed by atoms with Gasteiger partial charge in [-0.3, -0.25) is 19.3 Å². The van der Waals surface area contributed by atoms with E-state index in [2.05, 4.69) is 0 Å². The minimum atomic E-state index is -1.11. The second-order valence-corrected chi connectivity index (χ2v) is 8.13. The number of fused-ring (bicyclic) bond motifs is 1. The van der Waals surface area contributed by atoms with Crippen molar-refractivity contribution >= 4 is 23.7 Å². The van der Waals surface area contributed by atoms with Gasteiger partial charge in [0.1, 0.15) is 0 Å². The molecule has 0 aromatic heterocycles. The normalized spacial score (nSPS) is 13.9. The first-order valence-corrected chi connectivity index (χ1v) is 10.2. The van der Waals surface area contributed by atoms with Crippen molar-refractivity contribution in [1.29, 1.82) is 0 Å². The first-order valence-electron chi connectivity index (χ1n) is 10.2. The summed E-state index contributed by atoms with van der Waals surface area (Å²) in [5, 5.41) is 0. The quantitative estimate of drug-likeness (QED) is 0.505. The van der Waals surface area contributed by atoms with Gasteiger partial charge in [-0.1, -0.05) is 44.2 Å². The third kappa shape index (κ3) is 4.66. The number of carbonyl (C=O) groups excluding carboxylic acids is 4. The molecule has 0 N–H and O–H groups in total. The number of likely N-dealkylation sites (N-methyl/N-ethyl adjacent to an activating group) is 1. The van der Waals surface area contributed by atoms with Crippen molar-refractivity contribution in [1.82, 2.24) is 9.80 Å². The molecule has 31 heavy (non-hydrogen) atoms.